The highest BCUT2D eigenvalue weighted by Crippen LogP contribution is 2.24. The third kappa shape index (κ3) is 2.07. The summed E-state index contributed by atoms with van der Waals surface area (Å²) >= 11 is 0. The zero-order valence-electron chi connectivity index (χ0n) is 9.24. The van der Waals surface area contributed by atoms with E-state index in [-0.39, 0.29) is 0 Å². The largest absolute Gasteiger partial charge is 0.399 e. The van der Waals surface area contributed by atoms with Crippen LogP contribution >= 0.6 is 0 Å². The van der Waals surface area contributed by atoms with E-state index in [1.54, 1.807) is 0 Å². The standard InChI is InChI=1S/C12H19N3/c1-2-9-7-11(3-4-12(9)14)15-6-5-10(13)8-15/h3-4,7,10H,2,5-6,8,13-14H2,1H3. The first kappa shape index (κ1) is 10.3. The normalized spacial score (nSPS) is 20.9. The van der Waals surface area contributed by atoms with E-state index in [4.69, 9.17) is 11.5 Å². The minimum Gasteiger partial charge on any atom is -0.399 e. The van der Waals surface area contributed by atoms with Crippen LogP contribution in [0.1, 0.15) is 18.9 Å². The third-order valence-electron chi connectivity index (χ3n) is 3.10. The van der Waals surface area contributed by atoms with E-state index in [1.807, 2.05) is 6.07 Å². The average Bonchev–Trinajstić information content (AvgIpc) is 2.66. The predicted octanol–water partition coefficient (Wildman–Crippen LogP) is 1.37. The fourth-order valence-electron chi connectivity index (χ4n) is 2.12. The molecule has 82 valence electrons. The number of hydrogen-bond acceptors (Lipinski definition) is 3. The lowest BCUT2D eigenvalue weighted by Crippen LogP contribution is -2.26. The molecule has 0 aromatic heterocycles. The second-order valence-corrected chi connectivity index (χ2v) is 4.23. The average molecular weight is 205 g/mol. The van der Waals surface area contributed by atoms with Crippen LogP contribution in [0.4, 0.5) is 11.4 Å². The molecule has 0 amide bonds. The van der Waals surface area contributed by atoms with Gasteiger partial charge in [-0.15, -0.1) is 0 Å². The number of anilines is 2. The molecule has 0 spiro atoms. The maximum Gasteiger partial charge on any atom is 0.0371 e. The molecular weight excluding hydrogens is 186 g/mol. The van der Waals surface area contributed by atoms with Crippen LogP contribution in [0.15, 0.2) is 18.2 Å². The number of nitrogens with two attached hydrogens (primary N) is 2. The van der Waals surface area contributed by atoms with E-state index in [2.05, 4.69) is 24.0 Å². The molecule has 1 atom stereocenters. The molecule has 15 heavy (non-hydrogen) atoms. The highest BCUT2D eigenvalue weighted by Gasteiger charge is 2.19. The first-order valence-corrected chi connectivity index (χ1v) is 5.59. The van der Waals surface area contributed by atoms with E-state index in [1.165, 1.54) is 11.3 Å². The first-order chi connectivity index (χ1) is 7.20. The topological polar surface area (TPSA) is 55.3 Å². The molecule has 1 aliphatic heterocycles. The van der Waals surface area contributed by atoms with Gasteiger partial charge in [0, 0.05) is 30.5 Å². The van der Waals surface area contributed by atoms with Gasteiger partial charge in [0.05, 0.1) is 0 Å². The van der Waals surface area contributed by atoms with Gasteiger partial charge < -0.3 is 16.4 Å². The van der Waals surface area contributed by atoms with Gasteiger partial charge in [-0.2, -0.15) is 0 Å². The van der Waals surface area contributed by atoms with Crippen LogP contribution in [0.5, 0.6) is 0 Å². The van der Waals surface area contributed by atoms with Crippen molar-refractivity contribution in [2.24, 2.45) is 5.73 Å². The number of nitrogen functional groups attached to an aromatic ring is 1. The zero-order chi connectivity index (χ0) is 10.8. The van der Waals surface area contributed by atoms with Gasteiger partial charge in [-0.1, -0.05) is 6.92 Å². The first-order valence-electron chi connectivity index (χ1n) is 5.59. The Bertz CT molecular complexity index is 349. The lowest BCUT2D eigenvalue weighted by atomic mass is 10.1. The van der Waals surface area contributed by atoms with Crippen LogP contribution in [0, 0.1) is 0 Å². The van der Waals surface area contributed by atoms with Crippen LogP contribution < -0.4 is 16.4 Å². The van der Waals surface area contributed by atoms with Crippen LogP contribution in [-0.4, -0.2) is 19.1 Å². The lowest BCUT2D eigenvalue weighted by molar-refractivity contribution is 0.752. The number of nitrogens with zero attached hydrogens (tertiary/aromatic N) is 1. The summed E-state index contributed by atoms with van der Waals surface area (Å²) in [5, 5.41) is 0. The molecular formula is C12H19N3. The summed E-state index contributed by atoms with van der Waals surface area (Å²) in [7, 11) is 0. The summed E-state index contributed by atoms with van der Waals surface area (Å²) in [6, 6.07) is 6.60. The quantitative estimate of drug-likeness (QED) is 0.717. The van der Waals surface area contributed by atoms with Crippen molar-refractivity contribution < 1.29 is 0 Å². The summed E-state index contributed by atoms with van der Waals surface area (Å²) < 4.78 is 0. The summed E-state index contributed by atoms with van der Waals surface area (Å²) in [6.07, 6.45) is 2.07. The van der Waals surface area contributed by atoms with Crippen LogP contribution in [0.2, 0.25) is 0 Å². The van der Waals surface area contributed by atoms with Crippen molar-refractivity contribution in [2.75, 3.05) is 23.7 Å². The van der Waals surface area contributed by atoms with Gasteiger partial charge in [-0.3, -0.25) is 0 Å². The van der Waals surface area contributed by atoms with Crippen molar-refractivity contribution in [1.29, 1.82) is 0 Å². The Labute approximate surface area is 91.1 Å². The zero-order valence-corrected chi connectivity index (χ0v) is 9.24. The van der Waals surface area contributed by atoms with Crippen LogP contribution in [0.3, 0.4) is 0 Å². The van der Waals surface area contributed by atoms with Crippen molar-refractivity contribution in [3.63, 3.8) is 0 Å². The Morgan fingerprint density at radius 2 is 2.27 bits per heavy atom. The second-order valence-electron chi connectivity index (χ2n) is 4.23. The molecule has 0 aliphatic carbocycles. The molecule has 0 saturated carbocycles. The van der Waals surface area contributed by atoms with Crippen LogP contribution in [-0.2, 0) is 6.42 Å². The number of rotatable bonds is 2. The SMILES string of the molecule is CCc1cc(N2CCC(N)C2)ccc1N. The molecule has 1 fully saturated rings. The van der Waals surface area contributed by atoms with E-state index >= 15 is 0 Å². The van der Waals surface area contributed by atoms with Gasteiger partial charge in [-0.05, 0) is 36.6 Å². The minimum atomic E-state index is 0.327. The van der Waals surface area contributed by atoms with E-state index in [9.17, 15) is 0 Å². The molecule has 1 aliphatic rings. The van der Waals surface area contributed by atoms with Gasteiger partial charge in [-0.25, -0.2) is 0 Å². The summed E-state index contributed by atoms with van der Waals surface area (Å²) in [5.41, 5.74) is 15.2. The van der Waals surface area contributed by atoms with Crippen molar-refractivity contribution in [3.05, 3.63) is 23.8 Å². The molecule has 1 aromatic carbocycles. The van der Waals surface area contributed by atoms with Crippen molar-refractivity contribution in [2.45, 2.75) is 25.8 Å². The number of hydrogen-bond donors (Lipinski definition) is 2. The molecule has 2 rings (SSSR count). The predicted molar refractivity (Wildman–Crippen MR) is 65.0 cm³/mol. The molecule has 0 radical (unpaired) electrons. The molecule has 3 nitrogen and oxygen atoms in total. The van der Waals surface area contributed by atoms with Gasteiger partial charge in [0.1, 0.15) is 0 Å². The summed E-state index contributed by atoms with van der Waals surface area (Å²) in [4.78, 5) is 2.34. The molecule has 1 unspecified atom stereocenters. The number of aryl methyl sites for hydroxylation is 1. The van der Waals surface area contributed by atoms with E-state index in [0.717, 1.165) is 31.6 Å². The highest BCUT2D eigenvalue weighted by atomic mass is 15.2. The molecule has 1 aromatic rings. The van der Waals surface area contributed by atoms with Gasteiger partial charge >= 0.3 is 0 Å². The fraction of sp³-hybridized carbons (Fsp3) is 0.500. The van der Waals surface area contributed by atoms with Crippen molar-refractivity contribution in [1.82, 2.24) is 0 Å². The molecule has 0 bridgehead atoms. The minimum absolute atomic E-state index is 0.327. The Morgan fingerprint density at radius 1 is 1.47 bits per heavy atom. The fourth-order valence-corrected chi connectivity index (χ4v) is 2.12. The molecule has 1 heterocycles. The van der Waals surface area contributed by atoms with E-state index < -0.39 is 0 Å². The maximum absolute atomic E-state index is 5.90. The van der Waals surface area contributed by atoms with Gasteiger partial charge in [0.25, 0.3) is 0 Å². The second kappa shape index (κ2) is 4.11. The van der Waals surface area contributed by atoms with E-state index in [0.29, 0.717) is 6.04 Å². The van der Waals surface area contributed by atoms with Gasteiger partial charge in [0.15, 0.2) is 0 Å². The monoisotopic (exact) mass is 205 g/mol. The maximum atomic E-state index is 5.90. The highest BCUT2D eigenvalue weighted by molar-refractivity contribution is 5.59. The van der Waals surface area contributed by atoms with Crippen molar-refractivity contribution >= 4 is 11.4 Å². The Hall–Kier alpha value is -1.22. The van der Waals surface area contributed by atoms with Crippen molar-refractivity contribution in [3.8, 4) is 0 Å². The van der Waals surface area contributed by atoms with Crippen LogP contribution in [0.25, 0.3) is 0 Å². The molecule has 4 N–H and O–H groups in total. The molecule has 3 heteroatoms. The Kier molecular flexibility index (Phi) is 2.82. The van der Waals surface area contributed by atoms with Gasteiger partial charge in [0.2, 0.25) is 0 Å². The smallest absolute Gasteiger partial charge is 0.0371 e. The third-order valence-corrected chi connectivity index (χ3v) is 3.10. The molecule has 1 saturated heterocycles. The lowest BCUT2D eigenvalue weighted by Gasteiger charge is -2.19. The summed E-state index contributed by atoms with van der Waals surface area (Å²) in [6.45, 7) is 4.16. The number of benzene rings is 1. The Morgan fingerprint density at radius 3 is 2.87 bits per heavy atom. The summed E-state index contributed by atoms with van der Waals surface area (Å²) in [5.74, 6) is 0. The Balaban J connectivity index is 2.21.